The average molecular weight is 522 g/mol. The highest BCUT2D eigenvalue weighted by Gasteiger charge is 2.28. The van der Waals surface area contributed by atoms with Gasteiger partial charge in [0, 0.05) is 56.5 Å². The van der Waals surface area contributed by atoms with Crippen LogP contribution in [0.4, 0.5) is 10.6 Å². The number of nitrogens with one attached hydrogen (secondary N) is 1. The largest absolute Gasteiger partial charge is 0.493 e. The van der Waals surface area contributed by atoms with E-state index >= 15 is 0 Å². The van der Waals surface area contributed by atoms with Gasteiger partial charge in [0.2, 0.25) is 0 Å². The molecule has 1 aromatic heterocycles. The van der Waals surface area contributed by atoms with Gasteiger partial charge >= 0.3 is 6.03 Å². The maximum absolute atomic E-state index is 12.8. The second-order valence-electron chi connectivity index (χ2n) is 9.21. The fraction of sp³-hybridized carbons (Fsp3) is 0.483. The number of hydrogen-bond acceptors (Lipinski definition) is 7. The summed E-state index contributed by atoms with van der Waals surface area (Å²) < 4.78 is 17.4. The molecule has 1 atom stereocenters. The molecule has 2 aliphatic rings. The first-order chi connectivity index (χ1) is 18.6. The lowest BCUT2D eigenvalue weighted by Gasteiger charge is -2.37. The number of rotatable bonds is 6. The van der Waals surface area contributed by atoms with Crippen LogP contribution in [0.5, 0.6) is 11.5 Å². The molecule has 2 fully saturated rings. The summed E-state index contributed by atoms with van der Waals surface area (Å²) in [6, 6.07) is 14.3. The number of urea groups is 1. The quantitative estimate of drug-likeness (QED) is 0.481. The van der Waals surface area contributed by atoms with E-state index in [1.165, 1.54) is 5.56 Å². The number of amides is 2. The van der Waals surface area contributed by atoms with E-state index in [0.29, 0.717) is 50.9 Å². The van der Waals surface area contributed by atoms with Crippen LogP contribution in [0.2, 0.25) is 0 Å². The number of hydrogen-bond donors (Lipinski definition) is 1. The molecule has 0 aliphatic carbocycles. The number of ether oxygens (including phenoxy) is 3. The molecule has 5 rings (SSSR count). The smallest absolute Gasteiger partial charge is 0.320 e. The molecule has 0 bridgehead atoms. The van der Waals surface area contributed by atoms with Crippen LogP contribution < -0.4 is 14.8 Å². The van der Waals surface area contributed by atoms with Gasteiger partial charge in [-0.25, -0.2) is 14.8 Å². The Hall–Kier alpha value is -3.59. The highest BCUT2D eigenvalue weighted by Crippen LogP contribution is 2.36. The number of anilines is 1. The summed E-state index contributed by atoms with van der Waals surface area (Å²) in [7, 11) is 1.63. The van der Waals surface area contributed by atoms with Gasteiger partial charge in [0.15, 0.2) is 11.5 Å². The summed E-state index contributed by atoms with van der Waals surface area (Å²) in [6.07, 6.45) is 3.08. The van der Waals surface area contributed by atoms with E-state index in [4.69, 9.17) is 14.2 Å². The number of fused-ring (bicyclic) bond motifs is 1. The Labute approximate surface area is 225 Å². The number of aromatic nitrogens is 2. The molecule has 2 amide bonds. The van der Waals surface area contributed by atoms with E-state index in [9.17, 15) is 4.79 Å². The Morgan fingerprint density at radius 3 is 2.37 bits per heavy atom. The van der Waals surface area contributed by atoms with Crippen LogP contribution in [-0.4, -0.2) is 78.4 Å². The Kier molecular flexibility index (Phi) is 9.59. The molecule has 204 valence electrons. The second-order valence-corrected chi connectivity index (χ2v) is 9.21. The fourth-order valence-corrected chi connectivity index (χ4v) is 4.76. The third kappa shape index (κ3) is 6.45. The minimum Gasteiger partial charge on any atom is -0.493 e. The maximum atomic E-state index is 12.8. The average Bonchev–Trinajstić information content (AvgIpc) is 2.99. The molecule has 0 saturated carbocycles. The number of piperidine rings is 1. The van der Waals surface area contributed by atoms with Gasteiger partial charge in [-0.3, -0.25) is 0 Å². The minimum absolute atomic E-state index is 0.00521. The van der Waals surface area contributed by atoms with E-state index in [2.05, 4.69) is 34.3 Å². The van der Waals surface area contributed by atoms with E-state index in [1.54, 1.807) is 13.4 Å². The summed E-state index contributed by atoms with van der Waals surface area (Å²) in [5.74, 6) is 2.04. The van der Waals surface area contributed by atoms with Crippen LogP contribution in [0.3, 0.4) is 0 Å². The van der Waals surface area contributed by atoms with Gasteiger partial charge in [0.25, 0.3) is 0 Å². The molecule has 9 heteroatoms. The maximum Gasteiger partial charge on any atom is 0.320 e. The van der Waals surface area contributed by atoms with E-state index in [-0.39, 0.29) is 18.2 Å². The predicted octanol–water partition coefficient (Wildman–Crippen LogP) is 5.13. The summed E-state index contributed by atoms with van der Waals surface area (Å²) in [5.41, 5.74) is 1.95. The molecule has 1 N–H and O–H groups in total. The van der Waals surface area contributed by atoms with Crippen LogP contribution in [0.1, 0.15) is 45.2 Å². The highest BCUT2D eigenvalue weighted by molar-refractivity contribution is 5.91. The molecular weight excluding hydrogens is 482 g/mol. The molecule has 0 spiro atoms. The highest BCUT2D eigenvalue weighted by atomic mass is 16.5. The van der Waals surface area contributed by atoms with Crippen LogP contribution >= 0.6 is 0 Å². The van der Waals surface area contributed by atoms with Gasteiger partial charge in [0.1, 0.15) is 18.2 Å². The number of methoxy groups -OCH3 is 1. The van der Waals surface area contributed by atoms with E-state index < -0.39 is 0 Å². The predicted molar refractivity (Wildman–Crippen MR) is 149 cm³/mol. The van der Waals surface area contributed by atoms with Crippen molar-refractivity contribution in [3.05, 3.63) is 54.4 Å². The Bertz CT molecular complexity index is 1180. The molecule has 0 unspecified atom stereocenters. The lowest BCUT2D eigenvalue weighted by molar-refractivity contribution is 0.0359. The van der Waals surface area contributed by atoms with Crippen LogP contribution in [0.15, 0.2) is 48.8 Å². The molecule has 9 nitrogen and oxygen atoms in total. The molecular formula is C29H39N5O4. The lowest BCUT2D eigenvalue weighted by atomic mass is 10.1. The molecule has 2 aromatic carbocycles. The van der Waals surface area contributed by atoms with Crippen LogP contribution in [0, 0.1) is 0 Å². The Balaban J connectivity index is 0.00000164. The number of nitrogens with zero attached hydrogens (tertiary/aromatic N) is 4. The first kappa shape index (κ1) is 27.4. The first-order valence-electron chi connectivity index (χ1n) is 13.5. The zero-order valence-electron chi connectivity index (χ0n) is 22.9. The first-order valence-corrected chi connectivity index (χ1v) is 13.5. The molecule has 3 aromatic rings. The monoisotopic (exact) mass is 521 g/mol. The third-order valence-electron chi connectivity index (χ3n) is 6.86. The Morgan fingerprint density at radius 2 is 1.68 bits per heavy atom. The summed E-state index contributed by atoms with van der Waals surface area (Å²) in [4.78, 5) is 25.6. The SMILES string of the molecule is CC.COc1cc2ncnc(N[C@H](C)c3ccccc3)c2cc1OC1CCN(C(=O)N2CCOCC2)CC1. The lowest BCUT2D eigenvalue weighted by Crippen LogP contribution is -2.51. The molecule has 2 saturated heterocycles. The van der Waals surface area contributed by atoms with Crippen molar-refractivity contribution in [2.45, 2.75) is 45.8 Å². The van der Waals surface area contributed by atoms with Gasteiger partial charge in [-0.05, 0) is 18.6 Å². The van der Waals surface area contributed by atoms with Crippen LogP contribution in [0.25, 0.3) is 10.9 Å². The van der Waals surface area contributed by atoms with Crippen molar-refractivity contribution >= 4 is 22.8 Å². The normalized spacial score (nSPS) is 16.8. The van der Waals surface area contributed by atoms with E-state index in [1.807, 2.05) is 54.0 Å². The molecule has 38 heavy (non-hydrogen) atoms. The number of carbonyl (C=O) groups is 1. The van der Waals surface area contributed by atoms with Crippen molar-refractivity contribution in [3.8, 4) is 11.5 Å². The number of morpholine rings is 1. The Morgan fingerprint density at radius 1 is 1.00 bits per heavy atom. The summed E-state index contributed by atoms with van der Waals surface area (Å²) in [5, 5.41) is 4.39. The van der Waals surface area contributed by atoms with Crippen molar-refractivity contribution in [2.75, 3.05) is 51.8 Å². The third-order valence-corrected chi connectivity index (χ3v) is 6.86. The standard InChI is InChI=1S/C27H33N5O4.C2H6/c1-19(20-6-4-3-5-7-20)30-26-22-16-25(24(34-2)17-23(22)28-18-29-26)36-21-8-10-31(11-9-21)27(33)32-12-14-35-15-13-32;1-2/h3-7,16-19,21H,8-15H2,1-2H3,(H,28,29,30);1-2H3/t19-;/m1./s1. The number of likely N-dealkylation sites (tertiary alicyclic amines) is 1. The zero-order chi connectivity index (χ0) is 26.9. The number of benzene rings is 2. The van der Waals surface area contributed by atoms with Crippen molar-refractivity contribution in [1.82, 2.24) is 19.8 Å². The zero-order valence-corrected chi connectivity index (χ0v) is 22.9. The van der Waals surface area contributed by atoms with Gasteiger partial charge in [-0.15, -0.1) is 0 Å². The number of carbonyl (C=O) groups excluding carboxylic acids is 1. The topological polar surface area (TPSA) is 89.1 Å². The van der Waals surface area contributed by atoms with Gasteiger partial charge in [-0.2, -0.15) is 0 Å². The van der Waals surface area contributed by atoms with Crippen molar-refractivity contribution in [3.63, 3.8) is 0 Å². The molecule has 3 heterocycles. The minimum atomic E-state index is -0.00521. The van der Waals surface area contributed by atoms with Gasteiger partial charge < -0.3 is 29.3 Å². The second kappa shape index (κ2) is 13.3. The molecule has 2 aliphatic heterocycles. The van der Waals surface area contributed by atoms with Crippen molar-refractivity contribution in [2.24, 2.45) is 0 Å². The van der Waals surface area contributed by atoms with Gasteiger partial charge in [-0.1, -0.05) is 44.2 Å². The van der Waals surface area contributed by atoms with Crippen molar-refractivity contribution in [1.29, 1.82) is 0 Å². The molecule has 0 radical (unpaired) electrons. The summed E-state index contributed by atoms with van der Waals surface area (Å²) in [6.45, 7) is 9.98. The van der Waals surface area contributed by atoms with E-state index in [0.717, 1.165) is 29.6 Å². The van der Waals surface area contributed by atoms with Gasteiger partial charge in [0.05, 0.1) is 25.8 Å². The fourth-order valence-electron chi connectivity index (χ4n) is 4.76. The van der Waals surface area contributed by atoms with Crippen LogP contribution in [-0.2, 0) is 4.74 Å². The summed E-state index contributed by atoms with van der Waals surface area (Å²) >= 11 is 0. The van der Waals surface area contributed by atoms with Crippen molar-refractivity contribution < 1.29 is 19.0 Å².